The lowest BCUT2D eigenvalue weighted by Crippen LogP contribution is -2.56. The molecule has 5 nitrogen and oxygen atoms in total. The summed E-state index contributed by atoms with van der Waals surface area (Å²) in [6, 6.07) is 31.3. The molecule has 0 aliphatic carbocycles. The summed E-state index contributed by atoms with van der Waals surface area (Å²) in [5, 5.41) is 8.86. The van der Waals surface area contributed by atoms with Gasteiger partial charge in [0.15, 0.2) is 0 Å². The molecule has 0 aliphatic heterocycles. The molecule has 3 aromatic rings. The number of amides is 2. The first-order valence-electron chi connectivity index (χ1n) is 14.5. The van der Waals surface area contributed by atoms with Crippen LogP contribution in [0.2, 0.25) is 0 Å². The molecule has 6 heteroatoms. The summed E-state index contributed by atoms with van der Waals surface area (Å²) in [5.74, 6) is -0.306. The van der Waals surface area contributed by atoms with E-state index in [0.29, 0.717) is 0 Å². The summed E-state index contributed by atoms with van der Waals surface area (Å²) in [7, 11) is -2.07. The highest BCUT2D eigenvalue weighted by Crippen LogP contribution is 2.60. The highest BCUT2D eigenvalue weighted by atomic mass is 31.2. The van der Waals surface area contributed by atoms with E-state index in [1.807, 2.05) is 34.6 Å². The Kier molecular flexibility index (Phi) is 10.8. The van der Waals surface area contributed by atoms with Gasteiger partial charge in [0.1, 0.15) is 11.6 Å². The molecule has 3 rings (SSSR count). The predicted molar refractivity (Wildman–Crippen MR) is 173 cm³/mol. The van der Waals surface area contributed by atoms with Crippen LogP contribution in [-0.4, -0.2) is 35.8 Å². The number of rotatable bonds is 10. The van der Waals surface area contributed by atoms with E-state index in [9.17, 15) is 9.59 Å². The van der Waals surface area contributed by atoms with Crippen LogP contribution in [-0.2, 0) is 15.7 Å². The van der Waals surface area contributed by atoms with E-state index in [1.54, 1.807) is 0 Å². The van der Waals surface area contributed by atoms with Crippen molar-refractivity contribution in [3.63, 3.8) is 0 Å². The molecule has 220 valence electrons. The minimum absolute atomic E-state index is 0.116. The quantitative estimate of drug-likeness (QED) is 0.258. The molecule has 0 heterocycles. The number of carbonyl (C=O) groups is 2. The SMILES string of the molecule is CC(C)C(NC(=O)OC(C)(C)C)C(=O)N[C@H](C[P+](Cc1ccccc1)(c1ccccc1)c1ccccc1)C(C)(C)C. The average molecular weight is 576 g/mol. The molecule has 0 saturated carbocycles. The third kappa shape index (κ3) is 9.16. The Balaban J connectivity index is 2.06. The summed E-state index contributed by atoms with van der Waals surface area (Å²) in [4.78, 5) is 26.5. The van der Waals surface area contributed by atoms with Crippen LogP contribution in [0.5, 0.6) is 0 Å². The van der Waals surface area contributed by atoms with E-state index in [2.05, 4.69) is 122 Å². The zero-order valence-electron chi connectivity index (χ0n) is 26.0. The first kappa shape index (κ1) is 32.3. The van der Waals surface area contributed by atoms with E-state index >= 15 is 0 Å². The van der Waals surface area contributed by atoms with Crippen LogP contribution in [0.25, 0.3) is 0 Å². The summed E-state index contributed by atoms with van der Waals surface area (Å²) < 4.78 is 5.48. The molecular weight excluding hydrogens is 527 g/mol. The van der Waals surface area contributed by atoms with Crippen molar-refractivity contribution in [1.29, 1.82) is 0 Å². The van der Waals surface area contributed by atoms with Crippen molar-refractivity contribution >= 4 is 29.9 Å². The molecule has 0 radical (unpaired) electrons. The molecule has 3 aromatic carbocycles. The molecule has 0 bridgehead atoms. The number of hydrogen-bond acceptors (Lipinski definition) is 3. The fourth-order valence-corrected chi connectivity index (χ4v) is 9.80. The second kappa shape index (κ2) is 13.7. The Morgan fingerprint density at radius 1 is 0.732 bits per heavy atom. The van der Waals surface area contributed by atoms with Crippen molar-refractivity contribution in [2.24, 2.45) is 11.3 Å². The van der Waals surface area contributed by atoms with Crippen LogP contribution < -0.4 is 21.2 Å². The largest absolute Gasteiger partial charge is 0.444 e. The molecule has 0 saturated heterocycles. The van der Waals surface area contributed by atoms with Crippen LogP contribution in [0, 0.1) is 11.3 Å². The van der Waals surface area contributed by atoms with Crippen LogP contribution in [0.3, 0.4) is 0 Å². The molecule has 0 aromatic heterocycles. The average Bonchev–Trinajstić information content (AvgIpc) is 2.90. The lowest BCUT2D eigenvalue weighted by molar-refractivity contribution is -0.125. The Bertz CT molecular complexity index is 1210. The van der Waals surface area contributed by atoms with Gasteiger partial charge in [0.05, 0.1) is 36.2 Å². The first-order chi connectivity index (χ1) is 19.2. The number of carbonyl (C=O) groups excluding carboxylic acids is 2. The van der Waals surface area contributed by atoms with Gasteiger partial charge >= 0.3 is 6.09 Å². The molecule has 2 atom stereocenters. The molecule has 41 heavy (non-hydrogen) atoms. The van der Waals surface area contributed by atoms with E-state index in [4.69, 9.17) is 4.74 Å². The zero-order chi connectivity index (χ0) is 30.3. The Morgan fingerprint density at radius 3 is 1.61 bits per heavy atom. The predicted octanol–water partition coefficient (Wildman–Crippen LogP) is 6.94. The van der Waals surface area contributed by atoms with Crippen LogP contribution >= 0.6 is 7.26 Å². The number of benzene rings is 3. The van der Waals surface area contributed by atoms with Crippen LogP contribution in [0.15, 0.2) is 91.0 Å². The molecular formula is C35H48N2O3P+. The molecule has 2 amide bonds. The second-order valence-electron chi connectivity index (χ2n) is 13.3. The van der Waals surface area contributed by atoms with Crippen molar-refractivity contribution in [2.45, 2.75) is 79.2 Å². The highest BCUT2D eigenvalue weighted by molar-refractivity contribution is 7.88. The lowest BCUT2D eigenvalue weighted by Gasteiger charge is -2.38. The Labute approximate surface area is 247 Å². The molecule has 0 fully saturated rings. The number of hydrogen-bond donors (Lipinski definition) is 2. The van der Waals surface area contributed by atoms with Gasteiger partial charge in [-0.05, 0) is 61.9 Å². The van der Waals surface area contributed by atoms with Crippen molar-refractivity contribution < 1.29 is 14.3 Å². The second-order valence-corrected chi connectivity index (χ2v) is 16.9. The third-order valence-corrected chi connectivity index (χ3v) is 11.7. The molecule has 0 aliphatic rings. The van der Waals surface area contributed by atoms with Crippen LogP contribution in [0.1, 0.15) is 61.0 Å². The van der Waals surface area contributed by atoms with Crippen molar-refractivity contribution in [2.75, 3.05) is 6.16 Å². The van der Waals surface area contributed by atoms with Gasteiger partial charge in [0.25, 0.3) is 0 Å². The zero-order valence-corrected chi connectivity index (χ0v) is 26.9. The van der Waals surface area contributed by atoms with Gasteiger partial charge in [-0.25, -0.2) is 4.79 Å². The number of alkyl carbamates (subject to hydrolysis) is 1. The third-order valence-electron chi connectivity index (χ3n) is 7.27. The fourth-order valence-electron chi connectivity index (χ4n) is 5.01. The maximum absolute atomic E-state index is 13.9. The van der Waals surface area contributed by atoms with E-state index in [-0.39, 0.29) is 23.3 Å². The van der Waals surface area contributed by atoms with Crippen molar-refractivity contribution in [1.82, 2.24) is 10.6 Å². The lowest BCUT2D eigenvalue weighted by atomic mass is 9.87. The van der Waals surface area contributed by atoms with E-state index in [1.165, 1.54) is 16.2 Å². The Hall–Kier alpha value is -3.17. The minimum atomic E-state index is -2.07. The van der Waals surface area contributed by atoms with Gasteiger partial charge in [-0.2, -0.15) is 0 Å². The molecule has 1 unspecified atom stereocenters. The van der Waals surface area contributed by atoms with Crippen LogP contribution in [0.4, 0.5) is 4.79 Å². The summed E-state index contributed by atoms with van der Waals surface area (Å²) >= 11 is 0. The summed E-state index contributed by atoms with van der Waals surface area (Å²) in [5.41, 5.74) is 0.386. The van der Waals surface area contributed by atoms with Crippen molar-refractivity contribution in [3.8, 4) is 0 Å². The standard InChI is InChI=1S/C35H47N2O3P/c1-26(2)31(37-33(39)40-35(6,7)8)32(38)36-30(34(3,4)5)25-41(28-20-14-10-15-21-28,29-22-16-11-17-23-29)24-27-18-12-9-13-19-27/h9-23,26,30-31H,24-25H2,1-8H3,(H-,36,37,38,39)/p+1/t30-,31?/m1/s1. The maximum atomic E-state index is 13.9. The smallest absolute Gasteiger partial charge is 0.408 e. The van der Waals surface area contributed by atoms with Gasteiger partial charge in [0.2, 0.25) is 5.91 Å². The highest BCUT2D eigenvalue weighted by Gasteiger charge is 2.48. The minimum Gasteiger partial charge on any atom is -0.444 e. The topological polar surface area (TPSA) is 67.4 Å². The van der Waals surface area contributed by atoms with Crippen molar-refractivity contribution in [3.05, 3.63) is 96.6 Å². The van der Waals surface area contributed by atoms with E-state index in [0.717, 1.165) is 12.3 Å². The monoisotopic (exact) mass is 575 g/mol. The van der Waals surface area contributed by atoms with Gasteiger partial charge in [-0.3, -0.25) is 4.79 Å². The van der Waals surface area contributed by atoms with Gasteiger partial charge in [-0.1, -0.05) is 101 Å². The normalized spacial score (nSPS) is 13.8. The van der Waals surface area contributed by atoms with Gasteiger partial charge in [0, 0.05) is 0 Å². The number of ether oxygens (including phenoxy) is 1. The van der Waals surface area contributed by atoms with Gasteiger partial charge in [-0.15, -0.1) is 0 Å². The first-order valence-corrected chi connectivity index (χ1v) is 16.7. The summed E-state index contributed by atoms with van der Waals surface area (Å²) in [6.45, 7) is 15.9. The molecule has 2 N–H and O–H groups in total. The Morgan fingerprint density at radius 2 is 1.20 bits per heavy atom. The summed E-state index contributed by atoms with van der Waals surface area (Å²) in [6.07, 6.45) is 1.08. The number of nitrogens with one attached hydrogen (secondary N) is 2. The maximum Gasteiger partial charge on any atom is 0.408 e. The van der Waals surface area contributed by atoms with Gasteiger partial charge < -0.3 is 15.4 Å². The molecule has 0 spiro atoms. The fraction of sp³-hybridized carbons (Fsp3) is 0.429. The van der Waals surface area contributed by atoms with E-state index < -0.39 is 25.0 Å².